The summed E-state index contributed by atoms with van der Waals surface area (Å²) in [5, 5.41) is 0. The van der Waals surface area contributed by atoms with Gasteiger partial charge in [-0.25, -0.2) is 0 Å². The maximum absolute atomic E-state index is 9.69. The summed E-state index contributed by atoms with van der Waals surface area (Å²) in [6.07, 6.45) is 0. The predicted octanol–water partition coefficient (Wildman–Crippen LogP) is -1.19. The molecule has 0 saturated carbocycles. The standard InChI is InChI=1S/Bi.H2O4S/c;1-5(2,3)4/h;(H2,1,2,3,4)/q+2;/p-2. The van der Waals surface area contributed by atoms with Gasteiger partial charge < -0.3 is 0 Å². The molecule has 1 heterocycles. The van der Waals surface area contributed by atoms with E-state index in [2.05, 4.69) is 4.52 Å². The molecule has 4 nitrogen and oxygen atoms in total. The topological polar surface area (TPSA) is 52.6 Å². The molecule has 0 atom stereocenters. The van der Waals surface area contributed by atoms with Crippen LogP contribution in [0.1, 0.15) is 0 Å². The van der Waals surface area contributed by atoms with Gasteiger partial charge in [0.25, 0.3) is 0 Å². The summed E-state index contributed by atoms with van der Waals surface area (Å²) >= 11 is -1.38. The second-order valence-corrected chi connectivity index (χ2v) is 5.80. The Bertz CT molecular complexity index is 122. The zero-order valence-corrected chi connectivity index (χ0v) is 6.78. The van der Waals surface area contributed by atoms with Crippen molar-refractivity contribution in [1.29, 1.82) is 0 Å². The minimum atomic E-state index is -3.40. The van der Waals surface area contributed by atoms with E-state index in [1.54, 1.807) is 0 Å². The molecule has 0 aliphatic carbocycles. The summed E-state index contributed by atoms with van der Waals surface area (Å²) < 4.78 is 27.5. The van der Waals surface area contributed by atoms with E-state index in [1.807, 2.05) is 0 Å². The first-order valence-electron chi connectivity index (χ1n) is 1.03. The van der Waals surface area contributed by atoms with Crippen LogP contribution in [0.15, 0.2) is 0 Å². The first kappa shape index (κ1) is 4.90. The Morgan fingerprint density at radius 3 is 1.67 bits per heavy atom. The van der Waals surface area contributed by atoms with Gasteiger partial charge in [-0.2, -0.15) is 0 Å². The van der Waals surface area contributed by atoms with Crippen molar-refractivity contribution in [3.8, 4) is 0 Å². The fraction of sp³-hybridized carbons (Fsp3) is 0. The molecule has 1 radical (unpaired) electrons. The van der Waals surface area contributed by atoms with E-state index in [0.29, 0.717) is 0 Å². The molecule has 1 aliphatic heterocycles. The molecule has 1 saturated heterocycles. The molecule has 6 heavy (non-hydrogen) atoms. The molecule has 0 amide bonds. The van der Waals surface area contributed by atoms with Crippen LogP contribution in [0.3, 0.4) is 0 Å². The van der Waals surface area contributed by atoms with Gasteiger partial charge >= 0.3 is 47.5 Å². The Morgan fingerprint density at radius 1 is 1.33 bits per heavy atom. The van der Waals surface area contributed by atoms with Crippen LogP contribution in [0.5, 0.6) is 0 Å². The fourth-order valence-corrected chi connectivity index (χ4v) is 2.11. The van der Waals surface area contributed by atoms with E-state index in [9.17, 15) is 8.42 Å². The molecule has 1 rings (SSSR count). The van der Waals surface area contributed by atoms with E-state index in [1.165, 1.54) is 0 Å². The molecule has 35 valence electrons. The van der Waals surface area contributed by atoms with Crippen molar-refractivity contribution in [3.63, 3.8) is 0 Å². The van der Waals surface area contributed by atoms with Crippen molar-refractivity contribution < 1.29 is 12.9 Å². The summed E-state index contributed by atoms with van der Waals surface area (Å²) in [7, 11) is -3.40. The Kier molecular flexibility index (Phi) is 1.12. The van der Waals surface area contributed by atoms with Gasteiger partial charge in [0.05, 0.1) is 0 Å². The Balaban J connectivity index is 2.78. The second kappa shape index (κ2) is 1.37. The first-order valence-corrected chi connectivity index (χ1v) is 5.20. The molecule has 0 spiro atoms. The molecule has 0 unspecified atom stereocenters. The van der Waals surface area contributed by atoms with Crippen LogP contribution >= 0.6 is 0 Å². The summed E-state index contributed by atoms with van der Waals surface area (Å²) in [5.74, 6) is 0. The number of hydrogen-bond acceptors (Lipinski definition) is 4. The van der Waals surface area contributed by atoms with Crippen molar-refractivity contribution in [2.24, 2.45) is 0 Å². The van der Waals surface area contributed by atoms with Crippen molar-refractivity contribution >= 4 is 34.5 Å². The van der Waals surface area contributed by atoms with Crippen LogP contribution in [0.2, 0.25) is 0 Å². The van der Waals surface area contributed by atoms with Gasteiger partial charge in [0.2, 0.25) is 0 Å². The monoisotopic (exact) mass is 305 g/mol. The van der Waals surface area contributed by atoms with Gasteiger partial charge in [-0.3, -0.25) is 0 Å². The van der Waals surface area contributed by atoms with Gasteiger partial charge in [-0.1, -0.05) is 0 Å². The first-order chi connectivity index (χ1) is 2.71. The van der Waals surface area contributed by atoms with Crippen LogP contribution in [-0.2, 0) is 14.9 Å². The minimum absolute atomic E-state index is 1.38. The molecule has 0 N–H and O–H groups in total. The van der Waals surface area contributed by atoms with Crippen molar-refractivity contribution in [2.45, 2.75) is 0 Å². The molecule has 1 aliphatic rings. The van der Waals surface area contributed by atoms with Crippen molar-refractivity contribution in [1.82, 2.24) is 0 Å². The van der Waals surface area contributed by atoms with Crippen LogP contribution in [-0.4, -0.2) is 32.5 Å². The summed E-state index contributed by atoms with van der Waals surface area (Å²) in [6, 6.07) is 0. The van der Waals surface area contributed by atoms with Crippen LogP contribution in [0.25, 0.3) is 0 Å². The van der Waals surface area contributed by atoms with Crippen molar-refractivity contribution in [3.05, 3.63) is 0 Å². The van der Waals surface area contributed by atoms with E-state index in [-0.39, 0.29) is 0 Å². The average Bonchev–Trinajstić information content (AvgIpc) is 1.32. The van der Waals surface area contributed by atoms with Crippen LogP contribution in [0.4, 0.5) is 0 Å². The number of hydrogen-bond donors (Lipinski definition) is 0. The van der Waals surface area contributed by atoms with Gasteiger partial charge in [-0.05, 0) is 0 Å². The summed E-state index contributed by atoms with van der Waals surface area (Å²) in [5.41, 5.74) is 0. The molecule has 0 aromatic heterocycles. The quantitative estimate of drug-likeness (QED) is 0.528. The molecule has 0 aromatic carbocycles. The number of rotatable bonds is 0. The van der Waals surface area contributed by atoms with Crippen molar-refractivity contribution in [2.75, 3.05) is 0 Å². The van der Waals surface area contributed by atoms with Crippen LogP contribution < -0.4 is 0 Å². The third kappa shape index (κ3) is 0.874. The molecular weight excluding hydrogens is 305 g/mol. The Morgan fingerprint density at radius 2 is 1.67 bits per heavy atom. The van der Waals surface area contributed by atoms with E-state index in [4.69, 9.17) is 0 Å². The maximum atomic E-state index is 9.69. The molecule has 6 heteroatoms. The fourth-order valence-electron chi connectivity index (χ4n) is 0.0801. The predicted molar refractivity (Wildman–Crippen MR) is 16.8 cm³/mol. The Labute approximate surface area is 47.6 Å². The summed E-state index contributed by atoms with van der Waals surface area (Å²) in [4.78, 5) is 0. The molecule has 1 fully saturated rings. The third-order valence-electron chi connectivity index (χ3n) is 0.243. The van der Waals surface area contributed by atoms with Gasteiger partial charge in [0.1, 0.15) is 0 Å². The van der Waals surface area contributed by atoms with Gasteiger partial charge in [0.15, 0.2) is 0 Å². The van der Waals surface area contributed by atoms with E-state index < -0.39 is 34.5 Å². The SMILES string of the molecule is O=S1(=O)[O][Bi][O]1. The third-order valence-corrected chi connectivity index (χ3v) is 6.41. The average molecular weight is 305 g/mol. The molecular formula is BiO4S. The van der Waals surface area contributed by atoms with E-state index in [0.717, 1.165) is 0 Å². The van der Waals surface area contributed by atoms with Gasteiger partial charge in [0, 0.05) is 0 Å². The summed E-state index contributed by atoms with van der Waals surface area (Å²) in [6.45, 7) is 0. The molecule has 0 aromatic rings. The zero-order chi connectivity index (χ0) is 4.62. The van der Waals surface area contributed by atoms with Crippen LogP contribution in [0, 0.1) is 0 Å². The second-order valence-electron chi connectivity index (χ2n) is 0.632. The Hall–Kier alpha value is 0.753. The van der Waals surface area contributed by atoms with Gasteiger partial charge in [-0.15, -0.1) is 0 Å². The van der Waals surface area contributed by atoms with E-state index >= 15 is 0 Å². The molecule has 0 bridgehead atoms. The normalized spacial score (nSPS) is 28.7. The zero-order valence-electron chi connectivity index (χ0n) is 2.49.